The molecule has 1 atom stereocenters. The molecule has 1 aromatic heterocycles. The van der Waals surface area contributed by atoms with Gasteiger partial charge < -0.3 is 10.4 Å². The van der Waals surface area contributed by atoms with E-state index >= 15 is 0 Å². The number of nitrogens with one attached hydrogen (secondary N) is 1. The molecule has 4 nitrogen and oxygen atoms in total. The Labute approximate surface area is 141 Å². The summed E-state index contributed by atoms with van der Waals surface area (Å²) in [5.74, 6) is -0.0521. The number of hydrogen-bond donors (Lipinski definition) is 2. The fraction of sp³-hybridized carbons (Fsp3) is 0.333. The van der Waals surface area contributed by atoms with E-state index in [1.165, 1.54) is 6.07 Å². The SMILES string of the molecule is CCCC[C@H](NC(=O)Cc1ccc(O)c(Cl)c1)c1cccnc1. The summed E-state index contributed by atoms with van der Waals surface area (Å²) in [5, 5.41) is 12.8. The van der Waals surface area contributed by atoms with Gasteiger partial charge in [0.25, 0.3) is 0 Å². The number of pyridine rings is 1. The maximum atomic E-state index is 12.3. The van der Waals surface area contributed by atoms with Crippen molar-refractivity contribution < 1.29 is 9.90 Å². The lowest BCUT2D eigenvalue weighted by molar-refractivity contribution is -0.121. The van der Waals surface area contributed by atoms with E-state index in [4.69, 9.17) is 11.6 Å². The summed E-state index contributed by atoms with van der Waals surface area (Å²) in [6.45, 7) is 2.13. The third-order valence-corrected chi connectivity index (χ3v) is 3.95. The second-order valence-electron chi connectivity index (χ2n) is 5.51. The van der Waals surface area contributed by atoms with Crippen LogP contribution < -0.4 is 5.32 Å². The Morgan fingerprint density at radius 2 is 2.22 bits per heavy atom. The van der Waals surface area contributed by atoms with Crippen molar-refractivity contribution in [1.82, 2.24) is 10.3 Å². The number of amides is 1. The lowest BCUT2D eigenvalue weighted by Crippen LogP contribution is -2.30. The molecule has 0 saturated carbocycles. The third-order valence-electron chi connectivity index (χ3n) is 3.65. The van der Waals surface area contributed by atoms with Gasteiger partial charge in [-0.25, -0.2) is 0 Å². The lowest BCUT2D eigenvalue weighted by Gasteiger charge is -2.19. The zero-order valence-corrected chi connectivity index (χ0v) is 13.9. The second-order valence-corrected chi connectivity index (χ2v) is 5.92. The molecule has 0 bridgehead atoms. The van der Waals surface area contributed by atoms with E-state index in [-0.39, 0.29) is 29.1 Å². The largest absolute Gasteiger partial charge is 0.506 e. The first-order valence-electron chi connectivity index (χ1n) is 7.76. The number of rotatable bonds is 7. The number of aromatic hydroxyl groups is 1. The fourth-order valence-electron chi connectivity index (χ4n) is 2.40. The number of phenols is 1. The van der Waals surface area contributed by atoms with Gasteiger partial charge in [-0.3, -0.25) is 9.78 Å². The van der Waals surface area contributed by atoms with Crippen molar-refractivity contribution in [3.8, 4) is 5.75 Å². The molecule has 0 spiro atoms. The number of hydrogen-bond acceptors (Lipinski definition) is 3. The number of carbonyl (C=O) groups is 1. The lowest BCUT2D eigenvalue weighted by atomic mass is 10.0. The smallest absolute Gasteiger partial charge is 0.224 e. The van der Waals surface area contributed by atoms with Crippen molar-refractivity contribution in [3.05, 3.63) is 58.9 Å². The van der Waals surface area contributed by atoms with Gasteiger partial charge in [0.05, 0.1) is 17.5 Å². The Kier molecular flexibility index (Phi) is 6.41. The van der Waals surface area contributed by atoms with Crippen LogP contribution in [-0.2, 0) is 11.2 Å². The number of unbranched alkanes of at least 4 members (excludes halogenated alkanes) is 1. The highest BCUT2D eigenvalue weighted by molar-refractivity contribution is 6.32. The fourth-order valence-corrected chi connectivity index (χ4v) is 2.61. The maximum Gasteiger partial charge on any atom is 0.224 e. The van der Waals surface area contributed by atoms with Gasteiger partial charge in [-0.05, 0) is 35.7 Å². The zero-order valence-electron chi connectivity index (χ0n) is 13.1. The molecule has 5 heteroatoms. The second kappa shape index (κ2) is 8.53. The van der Waals surface area contributed by atoms with Crippen LogP contribution in [0.4, 0.5) is 0 Å². The molecule has 0 aliphatic rings. The van der Waals surface area contributed by atoms with Crippen LogP contribution in [0.25, 0.3) is 0 Å². The molecule has 2 aromatic rings. The van der Waals surface area contributed by atoms with E-state index in [2.05, 4.69) is 17.2 Å². The summed E-state index contributed by atoms with van der Waals surface area (Å²) in [5.41, 5.74) is 1.78. The highest BCUT2D eigenvalue weighted by Crippen LogP contribution is 2.24. The molecule has 0 radical (unpaired) electrons. The monoisotopic (exact) mass is 332 g/mol. The van der Waals surface area contributed by atoms with E-state index in [1.807, 2.05) is 12.1 Å². The van der Waals surface area contributed by atoms with Crippen molar-refractivity contribution in [2.24, 2.45) is 0 Å². The molecule has 0 saturated heterocycles. The van der Waals surface area contributed by atoms with Crippen molar-refractivity contribution in [2.75, 3.05) is 0 Å². The number of nitrogens with zero attached hydrogens (tertiary/aromatic N) is 1. The summed E-state index contributed by atoms with van der Waals surface area (Å²) < 4.78 is 0. The molecule has 0 aliphatic heterocycles. The van der Waals surface area contributed by atoms with Gasteiger partial charge >= 0.3 is 0 Å². The predicted octanol–water partition coefficient (Wildman–Crippen LogP) is 4.03. The van der Waals surface area contributed by atoms with Crippen molar-refractivity contribution >= 4 is 17.5 Å². The van der Waals surface area contributed by atoms with E-state index in [0.29, 0.717) is 0 Å². The Morgan fingerprint density at radius 1 is 1.39 bits per heavy atom. The molecular weight excluding hydrogens is 312 g/mol. The molecule has 0 aliphatic carbocycles. The molecule has 1 aromatic carbocycles. The minimum atomic E-state index is -0.0725. The van der Waals surface area contributed by atoms with Gasteiger partial charge in [-0.1, -0.05) is 43.5 Å². The Bertz CT molecular complexity index is 647. The maximum absolute atomic E-state index is 12.3. The molecule has 0 unspecified atom stereocenters. The van der Waals surface area contributed by atoms with E-state index in [0.717, 1.165) is 30.4 Å². The van der Waals surface area contributed by atoms with Gasteiger partial charge in [0, 0.05) is 12.4 Å². The first-order valence-corrected chi connectivity index (χ1v) is 8.14. The van der Waals surface area contributed by atoms with E-state index in [9.17, 15) is 9.90 Å². The number of halogens is 1. The average molecular weight is 333 g/mol. The molecule has 23 heavy (non-hydrogen) atoms. The molecule has 2 N–H and O–H groups in total. The van der Waals surface area contributed by atoms with E-state index < -0.39 is 0 Å². The molecule has 122 valence electrons. The molecule has 1 amide bonds. The van der Waals surface area contributed by atoms with Crippen LogP contribution in [0.15, 0.2) is 42.7 Å². The normalized spacial score (nSPS) is 11.9. The molecule has 1 heterocycles. The Morgan fingerprint density at radius 3 is 2.87 bits per heavy atom. The van der Waals surface area contributed by atoms with Crippen molar-refractivity contribution in [2.45, 2.75) is 38.6 Å². The summed E-state index contributed by atoms with van der Waals surface area (Å²) >= 11 is 5.88. The average Bonchev–Trinajstić information content (AvgIpc) is 2.55. The minimum absolute atomic E-state index is 0.0204. The van der Waals surface area contributed by atoms with Crippen LogP contribution in [0.1, 0.15) is 43.4 Å². The number of carbonyl (C=O) groups excluding carboxylic acids is 1. The Hall–Kier alpha value is -2.07. The summed E-state index contributed by atoms with van der Waals surface area (Å²) in [6, 6.07) is 8.63. The number of aromatic nitrogens is 1. The zero-order chi connectivity index (χ0) is 16.7. The third kappa shape index (κ3) is 5.25. The van der Waals surface area contributed by atoms with Crippen LogP contribution in [-0.4, -0.2) is 16.0 Å². The highest BCUT2D eigenvalue weighted by Gasteiger charge is 2.15. The topological polar surface area (TPSA) is 62.2 Å². The van der Waals surface area contributed by atoms with Crippen LogP contribution in [0, 0.1) is 0 Å². The van der Waals surface area contributed by atoms with E-state index in [1.54, 1.807) is 24.5 Å². The van der Waals surface area contributed by atoms with Crippen molar-refractivity contribution in [1.29, 1.82) is 0 Å². The first kappa shape index (κ1) is 17.3. The van der Waals surface area contributed by atoms with Crippen LogP contribution in [0.2, 0.25) is 5.02 Å². The van der Waals surface area contributed by atoms with Crippen LogP contribution >= 0.6 is 11.6 Å². The van der Waals surface area contributed by atoms with Gasteiger partial charge in [-0.15, -0.1) is 0 Å². The summed E-state index contributed by atoms with van der Waals surface area (Å²) in [6.07, 6.45) is 6.72. The summed E-state index contributed by atoms with van der Waals surface area (Å²) in [4.78, 5) is 16.4. The van der Waals surface area contributed by atoms with Gasteiger partial charge in [-0.2, -0.15) is 0 Å². The standard InChI is InChI=1S/C18H21ClN2O2/c1-2-3-6-16(14-5-4-9-20-12-14)21-18(23)11-13-7-8-17(22)15(19)10-13/h4-5,7-10,12,16,22H,2-3,6,11H2,1H3,(H,21,23)/t16-/m0/s1. The highest BCUT2D eigenvalue weighted by atomic mass is 35.5. The van der Waals surface area contributed by atoms with Gasteiger partial charge in [0.15, 0.2) is 0 Å². The Balaban J connectivity index is 2.03. The predicted molar refractivity (Wildman–Crippen MR) is 91.5 cm³/mol. The number of benzene rings is 1. The first-order chi connectivity index (χ1) is 11.1. The van der Waals surface area contributed by atoms with Crippen LogP contribution in [0.3, 0.4) is 0 Å². The van der Waals surface area contributed by atoms with Gasteiger partial charge in [0.2, 0.25) is 5.91 Å². The molecular formula is C18H21ClN2O2. The molecule has 0 fully saturated rings. The summed E-state index contributed by atoms with van der Waals surface area (Å²) in [7, 11) is 0. The number of phenolic OH excluding ortho intramolecular Hbond substituents is 1. The van der Waals surface area contributed by atoms with Gasteiger partial charge in [0.1, 0.15) is 5.75 Å². The van der Waals surface area contributed by atoms with Crippen LogP contribution in [0.5, 0.6) is 5.75 Å². The molecule has 2 rings (SSSR count). The minimum Gasteiger partial charge on any atom is -0.506 e. The van der Waals surface area contributed by atoms with Crippen molar-refractivity contribution in [3.63, 3.8) is 0 Å². The quantitative estimate of drug-likeness (QED) is 0.804.